The molecule has 0 atom stereocenters. The van der Waals surface area contributed by atoms with Crippen LogP contribution < -0.4 is 15.0 Å². The highest BCUT2D eigenvalue weighted by molar-refractivity contribution is 7.22. The Bertz CT molecular complexity index is 1050. The SMILES string of the molecule is COc1ccc2nc(NC(=O)c3ccc(Cl)cc3N3CCCC3=O)sc2c1. The second-order valence-corrected chi connectivity index (χ2v) is 7.58. The van der Waals surface area contributed by atoms with Crippen LogP contribution in [-0.4, -0.2) is 30.5 Å². The Morgan fingerprint density at radius 2 is 2.15 bits per heavy atom. The number of hydrogen-bond donors (Lipinski definition) is 1. The monoisotopic (exact) mass is 401 g/mol. The second kappa shape index (κ2) is 7.17. The van der Waals surface area contributed by atoms with Gasteiger partial charge >= 0.3 is 0 Å². The fraction of sp³-hybridized carbons (Fsp3) is 0.211. The molecule has 2 aromatic carbocycles. The van der Waals surface area contributed by atoms with Gasteiger partial charge in [-0.1, -0.05) is 22.9 Å². The molecule has 8 heteroatoms. The number of fused-ring (bicyclic) bond motifs is 1. The van der Waals surface area contributed by atoms with Gasteiger partial charge in [0.15, 0.2) is 5.13 Å². The summed E-state index contributed by atoms with van der Waals surface area (Å²) in [4.78, 5) is 31.0. The summed E-state index contributed by atoms with van der Waals surface area (Å²) in [5.41, 5.74) is 1.71. The van der Waals surface area contributed by atoms with Gasteiger partial charge in [0.05, 0.1) is 28.6 Å². The van der Waals surface area contributed by atoms with Gasteiger partial charge < -0.3 is 9.64 Å². The molecule has 0 radical (unpaired) electrons. The lowest BCUT2D eigenvalue weighted by Crippen LogP contribution is -2.27. The first-order chi connectivity index (χ1) is 13.0. The minimum atomic E-state index is -0.326. The van der Waals surface area contributed by atoms with Gasteiger partial charge in [0.25, 0.3) is 5.91 Å². The summed E-state index contributed by atoms with van der Waals surface area (Å²) in [6, 6.07) is 10.5. The summed E-state index contributed by atoms with van der Waals surface area (Å²) in [5.74, 6) is 0.405. The van der Waals surface area contributed by atoms with Crippen molar-refractivity contribution in [2.24, 2.45) is 0 Å². The standard InChI is InChI=1S/C19H16ClN3O3S/c1-26-12-5-7-14-16(10-12)27-19(21-14)22-18(25)13-6-4-11(20)9-15(13)23-8-2-3-17(23)24/h4-7,9-10H,2-3,8H2,1H3,(H,21,22,25). The first kappa shape index (κ1) is 17.8. The molecule has 1 saturated heterocycles. The summed E-state index contributed by atoms with van der Waals surface area (Å²) in [5, 5.41) is 3.79. The molecule has 1 aliphatic heterocycles. The van der Waals surface area contributed by atoms with E-state index in [1.54, 1.807) is 30.2 Å². The summed E-state index contributed by atoms with van der Waals surface area (Å²) in [7, 11) is 1.60. The number of amides is 2. The van der Waals surface area contributed by atoms with Crippen LogP contribution in [0.3, 0.4) is 0 Å². The van der Waals surface area contributed by atoms with Crippen LogP contribution in [-0.2, 0) is 4.79 Å². The number of nitrogens with one attached hydrogen (secondary N) is 1. The van der Waals surface area contributed by atoms with E-state index in [9.17, 15) is 9.59 Å². The van der Waals surface area contributed by atoms with Crippen LogP contribution in [0.1, 0.15) is 23.2 Å². The number of carbonyl (C=O) groups excluding carboxylic acids is 2. The van der Waals surface area contributed by atoms with Crippen LogP contribution in [0, 0.1) is 0 Å². The number of ether oxygens (including phenoxy) is 1. The Hall–Kier alpha value is -2.64. The molecule has 2 heterocycles. The van der Waals surface area contributed by atoms with E-state index in [-0.39, 0.29) is 11.8 Å². The van der Waals surface area contributed by atoms with Gasteiger partial charge in [0, 0.05) is 18.0 Å². The van der Waals surface area contributed by atoms with Gasteiger partial charge in [0.1, 0.15) is 5.75 Å². The molecule has 4 rings (SSSR count). The molecule has 1 N–H and O–H groups in total. The second-order valence-electron chi connectivity index (χ2n) is 6.12. The van der Waals surface area contributed by atoms with Crippen molar-refractivity contribution in [3.05, 3.63) is 47.0 Å². The Morgan fingerprint density at radius 1 is 1.30 bits per heavy atom. The third-order valence-electron chi connectivity index (χ3n) is 4.38. The molecule has 0 bridgehead atoms. The Labute approximate surface area is 164 Å². The number of rotatable bonds is 4. The van der Waals surface area contributed by atoms with Gasteiger partial charge in [-0.3, -0.25) is 14.9 Å². The van der Waals surface area contributed by atoms with Crippen LogP contribution in [0.5, 0.6) is 5.75 Å². The lowest BCUT2D eigenvalue weighted by atomic mass is 10.1. The Kier molecular flexibility index (Phi) is 4.72. The first-order valence-corrected chi connectivity index (χ1v) is 9.60. The van der Waals surface area contributed by atoms with Crippen molar-refractivity contribution in [3.8, 4) is 5.75 Å². The van der Waals surface area contributed by atoms with E-state index in [0.717, 1.165) is 22.4 Å². The highest BCUT2D eigenvalue weighted by Gasteiger charge is 2.26. The normalized spacial score (nSPS) is 14.0. The minimum absolute atomic E-state index is 0.00148. The molecule has 0 saturated carbocycles. The lowest BCUT2D eigenvalue weighted by Gasteiger charge is -2.19. The van der Waals surface area contributed by atoms with Crippen LogP contribution in [0.15, 0.2) is 36.4 Å². The van der Waals surface area contributed by atoms with E-state index in [1.807, 2.05) is 18.2 Å². The van der Waals surface area contributed by atoms with E-state index in [4.69, 9.17) is 16.3 Å². The number of halogens is 1. The predicted molar refractivity (Wildman–Crippen MR) is 107 cm³/mol. The van der Waals surface area contributed by atoms with E-state index < -0.39 is 0 Å². The number of aromatic nitrogens is 1. The molecule has 1 fully saturated rings. The third-order valence-corrected chi connectivity index (χ3v) is 5.55. The van der Waals surface area contributed by atoms with Crippen molar-refractivity contribution in [1.29, 1.82) is 0 Å². The van der Waals surface area contributed by atoms with Crippen LogP contribution in [0.4, 0.5) is 10.8 Å². The third kappa shape index (κ3) is 3.48. The number of methoxy groups -OCH3 is 1. The number of nitrogens with zero attached hydrogens (tertiary/aromatic N) is 2. The van der Waals surface area contributed by atoms with Crippen molar-refractivity contribution in [3.63, 3.8) is 0 Å². The van der Waals surface area contributed by atoms with Crippen LogP contribution in [0.2, 0.25) is 5.02 Å². The number of anilines is 2. The maximum Gasteiger partial charge on any atom is 0.259 e. The molecular formula is C19H16ClN3O3S. The highest BCUT2D eigenvalue weighted by atomic mass is 35.5. The zero-order valence-corrected chi connectivity index (χ0v) is 16.1. The highest BCUT2D eigenvalue weighted by Crippen LogP contribution is 2.32. The summed E-state index contributed by atoms with van der Waals surface area (Å²) >= 11 is 7.46. The smallest absolute Gasteiger partial charge is 0.259 e. The molecule has 138 valence electrons. The van der Waals surface area contributed by atoms with Crippen molar-refractivity contribution in [1.82, 2.24) is 4.98 Å². The molecular weight excluding hydrogens is 386 g/mol. The van der Waals surface area contributed by atoms with Gasteiger partial charge in [0.2, 0.25) is 5.91 Å². The topological polar surface area (TPSA) is 71.5 Å². The zero-order chi connectivity index (χ0) is 19.0. The van der Waals surface area contributed by atoms with Crippen molar-refractivity contribution < 1.29 is 14.3 Å². The van der Waals surface area contributed by atoms with Crippen molar-refractivity contribution >= 4 is 55.8 Å². The summed E-state index contributed by atoms with van der Waals surface area (Å²) in [6.07, 6.45) is 1.25. The van der Waals surface area contributed by atoms with E-state index in [1.165, 1.54) is 11.3 Å². The molecule has 2 amide bonds. The number of carbonyl (C=O) groups is 2. The van der Waals surface area contributed by atoms with Gasteiger partial charge in [-0.15, -0.1) is 0 Å². The molecule has 0 spiro atoms. The fourth-order valence-corrected chi connectivity index (χ4v) is 4.13. The molecule has 0 unspecified atom stereocenters. The molecule has 3 aromatic rings. The fourth-order valence-electron chi connectivity index (χ4n) is 3.07. The predicted octanol–water partition coefficient (Wildman–Crippen LogP) is 4.34. The number of hydrogen-bond acceptors (Lipinski definition) is 5. The maximum absolute atomic E-state index is 12.9. The molecule has 1 aromatic heterocycles. The average Bonchev–Trinajstić information content (AvgIpc) is 3.25. The number of benzene rings is 2. The van der Waals surface area contributed by atoms with E-state index in [0.29, 0.717) is 34.4 Å². The quantitative estimate of drug-likeness (QED) is 0.706. The molecule has 6 nitrogen and oxygen atoms in total. The van der Waals surface area contributed by atoms with Crippen LogP contribution in [0.25, 0.3) is 10.2 Å². The first-order valence-electron chi connectivity index (χ1n) is 8.41. The van der Waals surface area contributed by atoms with E-state index >= 15 is 0 Å². The molecule has 0 aliphatic carbocycles. The molecule has 1 aliphatic rings. The maximum atomic E-state index is 12.9. The average molecular weight is 402 g/mol. The summed E-state index contributed by atoms with van der Waals surface area (Å²) in [6.45, 7) is 0.584. The van der Waals surface area contributed by atoms with Crippen LogP contribution >= 0.6 is 22.9 Å². The lowest BCUT2D eigenvalue weighted by molar-refractivity contribution is -0.117. The van der Waals surface area contributed by atoms with Gasteiger partial charge in [-0.05, 0) is 42.8 Å². The largest absolute Gasteiger partial charge is 0.497 e. The van der Waals surface area contributed by atoms with E-state index in [2.05, 4.69) is 10.3 Å². The Morgan fingerprint density at radius 3 is 2.89 bits per heavy atom. The molecule has 27 heavy (non-hydrogen) atoms. The van der Waals surface area contributed by atoms with Gasteiger partial charge in [-0.2, -0.15) is 0 Å². The Balaban J connectivity index is 1.64. The van der Waals surface area contributed by atoms with Crippen molar-refractivity contribution in [2.45, 2.75) is 12.8 Å². The number of thiazole rings is 1. The summed E-state index contributed by atoms with van der Waals surface area (Å²) < 4.78 is 6.13. The van der Waals surface area contributed by atoms with Gasteiger partial charge in [-0.25, -0.2) is 4.98 Å². The van der Waals surface area contributed by atoms with Crippen molar-refractivity contribution in [2.75, 3.05) is 23.9 Å². The zero-order valence-electron chi connectivity index (χ0n) is 14.5. The minimum Gasteiger partial charge on any atom is -0.497 e.